The molecule has 0 bridgehead atoms. The van der Waals surface area contributed by atoms with E-state index >= 15 is 0 Å². The van der Waals surface area contributed by atoms with Crippen molar-refractivity contribution in [3.63, 3.8) is 0 Å². The molecule has 3 rings (SSSR count). The molecule has 1 heterocycles. The lowest BCUT2D eigenvalue weighted by atomic mass is 9.97. The first-order chi connectivity index (χ1) is 13.5. The molecule has 28 heavy (non-hydrogen) atoms. The average molecular weight is 382 g/mol. The Morgan fingerprint density at radius 1 is 1.04 bits per heavy atom. The van der Waals surface area contributed by atoms with E-state index in [0.29, 0.717) is 13.1 Å². The van der Waals surface area contributed by atoms with Crippen LogP contribution >= 0.6 is 0 Å². The van der Waals surface area contributed by atoms with Gasteiger partial charge in [0, 0.05) is 19.5 Å². The van der Waals surface area contributed by atoms with Crippen LogP contribution in [0.4, 0.5) is 0 Å². The summed E-state index contributed by atoms with van der Waals surface area (Å²) in [5.41, 5.74) is 1.88. The number of rotatable bonds is 7. The standard InChI is InChI=1S/C22H26N2O4/c1-4-24-14-17(13-20(24)25)22(26)23-21(15-5-9-18(27-2)10-6-15)16-7-11-19(28-3)12-8-16/h5-12,17,21H,4,13-14H2,1-3H3,(H,23,26). The van der Waals surface area contributed by atoms with Crippen molar-refractivity contribution in [2.45, 2.75) is 19.4 Å². The van der Waals surface area contributed by atoms with Crippen molar-refractivity contribution in [3.05, 3.63) is 59.7 Å². The largest absolute Gasteiger partial charge is 0.497 e. The van der Waals surface area contributed by atoms with Gasteiger partial charge in [0.1, 0.15) is 11.5 Å². The smallest absolute Gasteiger partial charge is 0.226 e. The number of carbonyl (C=O) groups is 2. The molecule has 6 heteroatoms. The van der Waals surface area contributed by atoms with Crippen LogP contribution in [-0.2, 0) is 9.59 Å². The van der Waals surface area contributed by atoms with Crippen molar-refractivity contribution in [1.82, 2.24) is 10.2 Å². The van der Waals surface area contributed by atoms with Crippen LogP contribution in [0.2, 0.25) is 0 Å². The van der Waals surface area contributed by atoms with E-state index in [1.807, 2.05) is 55.5 Å². The molecule has 0 saturated carbocycles. The highest BCUT2D eigenvalue weighted by Gasteiger charge is 2.34. The Labute approximate surface area is 165 Å². The van der Waals surface area contributed by atoms with Crippen LogP contribution in [0.5, 0.6) is 11.5 Å². The molecule has 6 nitrogen and oxygen atoms in total. The zero-order valence-corrected chi connectivity index (χ0v) is 16.5. The zero-order chi connectivity index (χ0) is 20.1. The summed E-state index contributed by atoms with van der Waals surface area (Å²) in [5.74, 6) is 1.10. The molecule has 1 unspecified atom stereocenters. The molecule has 148 valence electrons. The monoisotopic (exact) mass is 382 g/mol. The maximum atomic E-state index is 12.9. The predicted octanol–water partition coefficient (Wildman–Crippen LogP) is 2.78. The van der Waals surface area contributed by atoms with Gasteiger partial charge in [0.2, 0.25) is 11.8 Å². The quantitative estimate of drug-likeness (QED) is 0.800. The third-order valence-electron chi connectivity index (χ3n) is 5.15. The van der Waals surface area contributed by atoms with Crippen molar-refractivity contribution in [1.29, 1.82) is 0 Å². The lowest BCUT2D eigenvalue weighted by molar-refractivity contribution is -0.129. The van der Waals surface area contributed by atoms with Crippen LogP contribution in [0.25, 0.3) is 0 Å². The van der Waals surface area contributed by atoms with Gasteiger partial charge in [-0.05, 0) is 42.3 Å². The van der Waals surface area contributed by atoms with E-state index in [9.17, 15) is 9.59 Å². The fourth-order valence-electron chi connectivity index (χ4n) is 3.47. The fourth-order valence-corrected chi connectivity index (χ4v) is 3.47. The Morgan fingerprint density at radius 2 is 1.54 bits per heavy atom. The fraction of sp³-hybridized carbons (Fsp3) is 0.364. The van der Waals surface area contributed by atoms with Gasteiger partial charge in [-0.1, -0.05) is 24.3 Å². The average Bonchev–Trinajstić information content (AvgIpc) is 3.13. The van der Waals surface area contributed by atoms with Gasteiger partial charge in [-0.15, -0.1) is 0 Å². The molecule has 1 aliphatic heterocycles. The normalized spacial score (nSPS) is 16.4. The summed E-state index contributed by atoms with van der Waals surface area (Å²) in [6.07, 6.45) is 0.262. The summed E-state index contributed by atoms with van der Waals surface area (Å²) in [6.45, 7) is 3.03. The highest BCUT2D eigenvalue weighted by atomic mass is 16.5. The summed E-state index contributed by atoms with van der Waals surface area (Å²) in [5, 5.41) is 3.13. The summed E-state index contributed by atoms with van der Waals surface area (Å²) in [6, 6.07) is 14.9. The Hall–Kier alpha value is -3.02. The van der Waals surface area contributed by atoms with Gasteiger partial charge in [-0.25, -0.2) is 0 Å². The van der Waals surface area contributed by atoms with E-state index in [0.717, 1.165) is 22.6 Å². The highest BCUT2D eigenvalue weighted by molar-refractivity contribution is 5.89. The lowest BCUT2D eigenvalue weighted by Crippen LogP contribution is -2.36. The number of nitrogens with one attached hydrogen (secondary N) is 1. The molecule has 2 aromatic rings. The number of amides is 2. The van der Waals surface area contributed by atoms with Crippen LogP contribution in [0.15, 0.2) is 48.5 Å². The number of methoxy groups -OCH3 is 2. The molecular weight excluding hydrogens is 356 g/mol. The van der Waals surface area contributed by atoms with Gasteiger partial charge in [0.25, 0.3) is 0 Å². The van der Waals surface area contributed by atoms with Gasteiger partial charge in [0.15, 0.2) is 0 Å². The third kappa shape index (κ3) is 4.27. The molecule has 1 saturated heterocycles. The molecule has 0 spiro atoms. The predicted molar refractivity (Wildman–Crippen MR) is 106 cm³/mol. The number of likely N-dealkylation sites (tertiary alicyclic amines) is 1. The van der Waals surface area contributed by atoms with Gasteiger partial charge >= 0.3 is 0 Å². The molecule has 0 aromatic heterocycles. The summed E-state index contributed by atoms with van der Waals surface area (Å²) in [7, 11) is 3.24. The summed E-state index contributed by atoms with van der Waals surface area (Å²) < 4.78 is 10.5. The van der Waals surface area contributed by atoms with E-state index in [1.165, 1.54) is 0 Å². The van der Waals surface area contributed by atoms with Crippen LogP contribution in [0.3, 0.4) is 0 Å². The zero-order valence-electron chi connectivity index (χ0n) is 16.5. The molecule has 0 aliphatic carbocycles. The second kappa shape index (κ2) is 8.78. The minimum absolute atomic E-state index is 0.0353. The first-order valence-corrected chi connectivity index (χ1v) is 9.41. The number of carbonyl (C=O) groups excluding carboxylic acids is 2. The molecule has 1 N–H and O–H groups in total. The molecule has 1 aliphatic rings. The van der Waals surface area contributed by atoms with Crippen molar-refractivity contribution in [3.8, 4) is 11.5 Å². The second-order valence-electron chi connectivity index (χ2n) is 6.82. The first kappa shape index (κ1) is 19.7. The minimum Gasteiger partial charge on any atom is -0.497 e. The Morgan fingerprint density at radius 3 is 1.93 bits per heavy atom. The van der Waals surface area contributed by atoms with Gasteiger partial charge in [-0.2, -0.15) is 0 Å². The molecule has 2 amide bonds. The maximum absolute atomic E-state index is 12.9. The van der Waals surface area contributed by atoms with Gasteiger partial charge < -0.3 is 19.7 Å². The number of nitrogens with zero attached hydrogens (tertiary/aromatic N) is 1. The van der Waals surface area contributed by atoms with Gasteiger partial charge in [0.05, 0.1) is 26.2 Å². The first-order valence-electron chi connectivity index (χ1n) is 9.41. The van der Waals surface area contributed by atoms with E-state index in [2.05, 4.69) is 5.32 Å². The third-order valence-corrected chi connectivity index (χ3v) is 5.15. The van der Waals surface area contributed by atoms with E-state index in [-0.39, 0.29) is 30.2 Å². The lowest BCUT2D eigenvalue weighted by Gasteiger charge is -2.22. The molecular formula is C22H26N2O4. The summed E-state index contributed by atoms with van der Waals surface area (Å²) in [4.78, 5) is 26.6. The Kier molecular flexibility index (Phi) is 6.19. The van der Waals surface area contributed by atoms with Crippen LogP contribution in [-0.4, -0.2) is 44.0 Å². The molecule has 1 fully saturated rings. The van der Waals surface area contributed by atoms with Crippen LogP contribution in [0, 0.1) is 5.92 Å². The number of benzene rings is 2. The van der Waals surface area contributed by atoms with Crippen LogP contribution in [0.1, 0.15) is 30.5 Å². The topological polar surface area (TPSA) is 67.9 Å². The van der Waals surface area contributed by atoms with Crippen molar-refractivity contribution in [2.75, 3.05) is 27.3 Å². The highest BCUT2D eigenvalue weighted by Crippen LogP contribution is 2.27. The molecule has 1 atom stereocenters. The molecule has 0 radical (unpaired) electrons. The van der Waals surface area contributed by atoms with E-state index in [1.54, 1.807) is 19.1 Å². The van der Waals surface area contributed by atoms with E-state index in [4.69, 9.17) is 9.47 Å². The Balaban J connectivity index is 1.84. The van der Waals surface area contributed by atoms with Crippen molar-refractivity contribution >= 4 is 11.8 Å². The number of ether oxygens (including phenoxy) is 2. The van der Waals surface area contributed by atoms with E-state index < -0.39 is 0 Å². The van der Waals surface area contributed by atoms with Crippen molar-refractivity contribution in [2.24, 2.45) is 5.92 Å². The molecule has 2 aromatic carbocycles. The van der Waals surface area contributed by atoms with Gasteiger partial charge in [-0.3, -0.25) is 9.59 Å². The maximum Gasteiger partial charge on any atom is 0.226 e. The number of hydrogen-bond acceptors (Lipinski definition) is 4. The van der Waals surface area contributed by atoms with Crippen LogP contribution < -0.4 is 14.8 Å². The second-order valence-corrected chi connectivity index (χ2v) is 6.82. The Bertz CT molecular complexity index is 770. The minimum atomic E-state index is -0.327. The summed E-state index contributed by atoms with van der Waals surface area (Å²) >= 11 is 0. The number of hydrogen-bond donors (Lipinski definition) is 1. The SMILES string of the molecule is CCN1CC(C(=O)NC(c2ccc(OC)cc2)c2ccc(OC)cc2)CC1=O. The van der Waals surface area contributed by atoms with Crippen molar-refractivity contribution < 1.29 is 19.1 Å².